The van der Waals surface area contributed by atoms with Gasteiger partial charge in [-0.3, -0.25) is 4.79 Å². The van der Waals surface area contributed by atoms with Crippen LogP contribution in [0.25, 0.3) is 10.2 Å². The Morgan fingerprint density at radius 3 is 3.08 bits per heavy atom. The summed E-state index contributed by atoms with van der Waals surface area (Å²) in [6, 6.07) is 10.9. The molecule has 1 aliphatic rings. The number of amides is 1. The summed E-state index contributed by atoms with van der Waals surface area (Å²) in [7, 11) is 1.58. The number of aromatic nitrogens is 1. The molecule has 4 rings (SSSR count). The minimum Gasteiger partial charge on any atom is -0.453 e. The number of benzene rings is 1. The van der Waals surface area contributed by atoms with Crippen molar-refractivity contribution in [3.8, 4) is 0 Å². The van der Waals surface area contributed by atoms with E-state index < -0.39 is 6.10 Å². The standard InChI is InChI=1S/C19H20N2O4S/c1-24-11-12-8-9-15(25-12)19(23)21-10-4-6-14(21)17(22)18-20-13-5-2-3-7-16(13)26-18/h2-3,5,7-9,14,17,22H,4,6,10-11H2,1H3/t14-,17+/m1/s1. The lowest BCUT2D eigenvalue weighted by atomic mass is 10.1. The van der Waals surface area contributed by atoms with E-state index in [1.54, 1.807) is 24.1 Å². The summed E-state index contributed by atoms with van der Waals surface area (Å²) in [4.78, 5) is 19.1. The Bertz CT molecular complexity index is 886. The normalized spacial score (nSPS) is 18.5. The molecule has 0 unspecified atom stereocenters. The second kappa shape index (κ2) is 7.19. The van der Waals surface area contributed by atoms with Gasteiger partial charge >= 0.3 is 0 Å². The highest BCUT2D eigenvalue weighted by atomic mass is 32.1. The van der Waals surface area contributed by atoms with Crippen LogP contribution in [-0.4, -0.2) is 40.6 Å². The zero-order valence-corrected chi connectivity index (χ0v) is 15.2. The van der Waals surface area contributed by atoms with Crippen molar-refractivity contribution in [2.24, 2.45) is 0 Å². The fourth-order valence-corrected chi connectivity index (χ4v) is 4.42. The first kappa shape index (κ1) is 17.2. The van der Waals surface area contributed by atoms with E-state index >= 15 is 0 Å². The summed E-state index contributed by atoms with van der Waals surface area (Å²) in [5.41, 5.74) is 0.873. The lowest BCUT2D eigenvalue weighted by molar-refractivity contribution is 0.0456. The fourth-order valence-electron chi connectivity index (χ4n) is 3.41. The van der Waals surface area contributed by atoms with Crippen molar-refractivity contribution < 1.29 is 19.1 Å². The van der Waals surface area contributed by atoms with Gasteiger partial charge in [0.2, 0.25) is 0 Å². The molecule has 1 aliphatic heterocycles. The average Bonchev–Trinajstić information content (AvgIpc) is 3.39. The molecule has 0 spiro atoms. The van der Waals surface area contributed by atoms with Crippen LogP contribution in [0.15, 0.2) is 40.8 Å². The summed E-state index contributed by atoms with van der Waals surface area (Å²) in [6.07, 6.45) is 0.797. The van der Waals surface area contributed by atoms with Gasteiger partial charge in [-0.25, -0.2) is 4.98 Å². The van der Waals surface area contributed by atoms with Crippen LogP contribution in [-0.2, 0) is 11.3 Å². The van der Waals surface area contributed by atoms with E-state index in [-0.39, 0.29) is 17.7 Å². The monoisotopic (exact) mass is 372 g/mol. The third kappa shape index (κ3) is 3.13. The van der Waals surface area contributed by atoms with Gasteiger partial charge in [-0.15, -0.1) is 11.3 Å². The lowest BCUT2D eigenvalue weighted by Gasteiger charge is -2.27. The minimum atomic E-state index is -0.799. The average molecular weight is 372 g/mol. The molecule has 1 saturated heterocycles. The van der Waals surface area contributed by atoms with E-state index in [0.717, 1.165) is 23.1 Å². The Morgan fingerprint density at radius 1 is 1.42 bits per heavy atom. The number of ether oxygens (including phenoxy) is 1. The second-order valence-electron chi connectivity index (χ2n) is 6.37. The predicted octanol–water partition coefficient (Wildman–Crippen LogP) is 3.37. The van der Waals surface area contributed by atoms with Gasteiger partial charge in [0.05, 0.1) is 16.3 Å². The predicted molar refractivity (Wildman–Crippen MR) is 98.1 cm³/mol. The van der Waals surface area contributed by atoms with E-state index in [9.17, 15) is 9.90 Å². The van der Waals surface area contributed by atoms with Crippen molar-refractivity contribution in [3.63, 3.8) is 0 Å². The number of nitrogens with zero attached hydrogens (tertiary/aromatic N) is 2. The van der Waals surface area contributed by atoms with Crippen LogP contribution in [0.2, 0.25) is 0 Å². The van der Waals surface area contributed by atoms with E-state index in [0.29, 0.717) is 23.9 Å². The highest BCUT2D eigenvalue weighted by Crippen LogP contribution is 2.34. The van der Waals surface area contributed by atoms with Gasteiger partial charge < -0.3 is 19.2 Å². The maximum absolute atomic E-state index is 12.8. The van der Waals surface area contributed by atoms with Crippen LogP contribution < -0.4 is 0 Å². The SMILES string of the molecule is COCc1ccc(C(=O)N2CCC[C@@H]2[C@H](O)c2nc3ccccc3s2)o1. The van der Waals surface area contributed by atoms with Gasteiger partial charge in [0.15, 0.2) is 5.76 Å². The minimum absolute atomic E-state index is 0.199. The van der Waals surface area contributed by atoms with Crippen molar-refractivity contribution >= 4 is 27.5 Å². The first-order valence-electron chi connectivity index (χ1n) is 8.59. The molecule has 2 atom stereocenters. The van der Waals surface area contributed by atoms with Crippen molar-refractivity contribution in [2.75, 3.05) is 13.7 Å². The van der Waals surface area contributed by atoms with Gasteiger partial charge in [-0.2, -0.15) is 0 Å². The molecular weight excluding hydrogens is 352 g/mol. The molecule has 7 heteroatoms. The second-order valence-corrected chi connectivity index (χ2v) is 7.43. The van der Waals surface area contributed by atoms with Crippen molar-refractivity contribution in [1.82, 2.24) is 9.88 Å². The number of rotatable bonds is 5. The quantitative estimate of drug-likeness (QED) is 0.743. The number of para-hydroxylation sites is 1. The molecule has 1 aromatic carbocycles. The van der Waals surface area contributed by atoms with E-state index in [1.807, 2.05) is 24.3 Å². The summed E-state index contributed by atoms with van der Waals surface area (Å²) in [5.74, 6) is 0.689. The first-order valence-corrected chi connectivity index (χ1v) is 9.41. The zero-order valence-electron chi connectivity index (χ0n) is 14.4. The number of hydrogen-bond acceptors (Lipinski definition) is 6. The number of hydrogen-bond donors (Lipinski definition) is 1. The Balaban J connectivity index is 1.55. The zero-order chi connectivity index (χ0) is 18.1. The number of fused-ring (bicyclic) bond motifs is 1. The van der Waals surface area contributed by atoms with Crippen LogP contribution in [0.4, 0.5) is 0 Å². The largest absolute Gasteiger partial charge is 0.453 e. The molecule has 3 heterocycles. The molecular formula is C19H20N2O4S. The molecule has 0 saturated carbocycles. The molecule has 1 N–H and O–H groups in total. The first-order chi connectivity index (χ1) is 12.7. The molecule has 3 aromatic rings. The third-order valence-electron chi connectivity index (χ3n) is 4.65. The Hall–Kier alpha value is -2.22. The molecule has 0 radical (unpaired) electrons. The lowest BCUT2D eigenvalue weighted by Crippen LogP contribution is -2.39. The maximum atomic E-state index is 12.8. The van der Waals surface area contributed by atoms with Gasteiger partial charge in [-0.1, -0.05) is 12.1 Å². The van der Waals surface area contributed by atoms with Crippen LogP contribution in [0, 0.1) is 0 Å². The topological polar surface area (TPSA) is 75.8 Å². The number of methoxy groups -OCH3 is 1. The van der Waals surface area contributed by atoms with Gasteiger partial charge in [0.1, 0.15) is 23.5 Å². The summed E-state index contributed by atoms with van der Waals surface area (Å²) >= 11 is 1.47. The van der Waals surface area contributed by atoms with Crippen LogP contribution in [0.3, 0.4) is 0 Å². The van der Waals surface area contributed by atoms with Gasteiger partial charge in [-0.05, 0) is 37.1 Å². The number of thiazole rings is 1. The van der Waals surface area contributed by atoms with Gasteiger partial charge in [0, 0.05) is 13.7 Å². The molecule has 6 nitrogen and oxygen atoms in total. The number of aliphatic hydroxyl groups is 1. The molecule has 1 amide bonds. The molecule has 136 valence electrons. The smallest absolute Gasteiger partial charge is 0.289 e. The number of carbonyl (C=O) groups is 1. The molecule has 26 heavy (non-hydrogen) atoms. The highest BCUT2D eigenvalue weighted by molar-refractivity contribution is 7.18. The Morgan fingerprint density at radius 2 is 2.27 bits per heavy atom. The summed E-state index contributed by atoms with van der Waals surface area (Å²) in [6.45, 7) is 0.927. The molecule has 2 aromatic heterocycles. The van der Waals surface area contributed by atoms with Crippen molar-refractivity contribution in [1.29, 1.82) is 0 Å². The summed E-state index contributed by atoms with van der Waals surface area (Å²) < 4.78 is 11.6. The maximum Gasteiger partial charge on any atom is 0.289 e. The van der Waals surface area contributed by atoms with E-state index in [2.05, 4.69) is 4.98 Å². The Kier molecular flexibility index (Phi) is 4.76. The summed E-state index contributed by atoms with van der Waals surface area (Å²) in [5, 5.41) is 11.5. The van der Waals surface area contributed by atoms with Crippen molar-refractivity contribution in [3.05, 3.63) is 52.9 Å². The molecule has 0 aliphatic carbocycles. The van der Waals surface area contributed by atoms with Crippen LogP contribution in [0.5, 0.6) is 0 Å². The number of carbonyl (C=O) groups excluding carboxylic acids is 1. The van der Waals surface area contributed by atoms with Crippen LogP contribution >= 0.6 is 11.3 Å². The Labute approximate surface area is 155 Å². The molecule has 1 fully saturated rings. The third-order valence-corrected chi connectivity index (χ3v) is 5.75. The highest BCUT2D eigenvalue weighted by Gasteiger charge is 2.37. The van der Waals surface area contributed by atoms with E-state index in [4.69, 9.17) is 9.15 Å². The van der Waals surface area contributed by atoms with E-state index in [1.165, 1.54) is 11.3 Å². The fraction of sp³-hybridized carbons (Fsp3) is 0.368. The van der Waals surface area contributed by atoms with Crippen LogP contribution in [0.1, 0.15) is 40.3 Å². The van der Waals surface area contributed by atoms with Gasteiger partial charge in [0.25, 0.3) is 5.91 Å². The molecule has 0 bridgehead atoms. The number of furan rings is 1. The van der Waals surface area contributed by atoms with Crippen molar-refractivity contribution in [2.45, 2.75) is 31.6 Å². The number of likely N-dealkylation sites (tertiary alicyclic amines) is 1. The number of aliphatic hydroxyl groups excluding tert-OH is 1.